The minimum Gasteiger partial charge on any atom is -0.394 e. The molecule has 5 nitrogen and oxygen atoms in total. The van der Waals surface area contributed by atoms with Crippen molar-refractivity contribution in [2.24, 2.45) is 0 Å². The number of rotatable bonds is 3. The van der Waals surface area contributed by atoms with E-state index in [1.54, 1.807) is 0 Å². The molecule has 0 aliphatic rings. The lowest BCUT2D eigenvalue weighted by Crippen LogP contribution is -2.21. The number of aromatic amines is 1. The average molecular weight is 158 g/mol. The fourth-order valence-corrected chi connectivity index (χ4v) is 0.745. The number of aliphatic hydroxyl groups is 3. The molecule has 1 aromatic rings. The highest BCUT2D eigenvalue weighted by molar-refractivity contribution is 5.08. The summed E-state index contributed by atoms with van der Waals surface area (Å²) in [5.41, 5.74) is 0.464. The first-order valence-electron chi connectivity index (χ1n) is 3.21. The quantitative estimate of drug-likeness (QED) is 0.444. The molecule has 0 saturated carbocycles. The van der Waals surface area contributed by atoms with Crippen LogP contribution in [0.4, 0.5) is 0 Å². The minimum absolute atomic E-state index is 0.464. The summed E-state index contributed by atoms with van der Waals surface area (Å²) in [5, 5.41) is 32.7. The molecule has 2 atom stereocenters. The van der Waals surface area contributed by atoms with Crippen molar-refractivity contribution in [3.63, 3.8) is 0 Å². The predicted octanol–water partition coefficient (Wildman–Crippen LogP) is -1.20. The maximum absolute atomic E-state index is 9.21. The summed E-state index contributed by atoms with van der Waals surface area (Å²) < 4.78 is 0. The third-order valence-electron chi connectivity index (χ3n) is 1.41. The van der Waals surface area contributed by atoms with Gasteiger partial charge in [0.15, 0.2) is 0 Å². The van der Waals surface area contributed by atoms with E-state index in [9.17, 15) is 5.11 Å². The molecule has 62 valence electrons. The van der Waals surface area contributed by atoms with Gasteiger partial charge < -0.3 is 15.3 Å². The maximum atomic E-state index is 9.21. The maximum Gasteiger partial charge on any atom is 0.110 e. The number of aliphatic hydroxyl groups excluding tert-OH is 3. The second-order valence-corrected chi connectivity index (χ2v) is 2.23. The largest absolute Gasteiger partial charge is 0.394 e. The normalized spacial score (nSPS) is 16.3. The summed E-state index contributed by atoms with van der Waals surface area (Å²) in [6, 6.07) is 0. The number of hydrogen-bond donors (Lipinski definition) is 4. The molecular formula is C6H10N2O3. The van der Waals surface area contributed by atoms with Crippen molar-refractivity contribution in [3.8, 4) is 0 Å². The summed E-state index contributed by atoms with van der Waals surface area (Å²) in [6.07, 6.45) is 0.638. The highest BCUT2D eigenvalue weighted by Crippen LogP contribution is 2.13. The lowest BCUT2D eigenvalue weighted by atomic mass is 10.1. The number of nitrogens with zero attached hydrogens (tertiary/aromatic N) is 1. The zero-order chi connectivity index (χ0) is 8.27. The number of nitrogens with one attached hydrogen (secondary N) is 1. The number of hydrogen-bond acceptors (Lipinski definition) is 4. The van der Waals surface area contributed by atoms with E-state index in [4.69, 9.17) is 10.2 Å². The Labute approximate surface area is 63.3 Å². The summed E-state index contributed by atoms with van der Waals surface area (Å²) in [5.74, 6) is 0. The van der Waals surface area contributed by atoms with Crippen molar-refractivity contribution < 1.29 is 15.3 Å². The Hall–Kier alpha value is -0.910. The van der Waals surface area contributed by atoms with Gasteiger partial charge in [-0.3, -0.25) is 5.10 Å². The van der Waals surface area contributed by atoms with Gasteiger partial charge in [0.1, 0.15) is 12.2 Å². The fourth-order valence-electron chi connectivity index (χ4n) is 0.745. The average Bonchev–Trinajstić information content (AvgIpc) is 2.53. The molecule has 2 unspecified atom stereocenters. The van der Waals surface area contributed by atoms with Gasteiger partial charge in [-0.15, -0.1) is 0 Å². The van der Waals surface area contributed by atoms with Gasteiger partial charge >= 0.3 is 0 Å². The monoisotopic (exact) mass is 158 g/mol. The molecule has 4 N–H and O–H groups in total. The van der Waals surface area contributed by atoms with E-state index in [1.807, 2.05) is 0 Å². The summed E-state index contributed by atoms with van der Waals surface area (Å²) in [7, 11) is 0. The number of H-pyrrole nitrogens is 1. The molecule has 1 rings (SSSR count). The molecule has 1 heterocycles. The van der Waals surface area contributed by atoms with Crippen LogP contribution in [0, 0.1) is 0 Å². The molecule has 0 aromatic carbocycles. The second-order valence-electron chi connectivity index (χ2n) is 2.23. The van der Waals surface area contributed by atoms with Gasteiger partial charge in [0.2, 0.25) is 0 Å². The van der Waals surface area contributed by atoms with Crippen LogP contribution in [0.2, 0.25) is 0 Å². The molecule has 1 aromatic heterocycles. The zero-order valence-electron chi connectivity index (χ0n) is 5.81. The SMILES string of the molecule is OCC(O)C(O)c1cn[nH]c1. The van der Waals surface area contributed by atoms with Crippen molar-refractivity contribution in [1.82, 2.24) is 10.2 Å². The summed E-state index contributed by atoms with van der Waals surface area (Å²) in [6.45, 7) is -0.466. The Morgan fingerprint density at radius 3 is 2.73 bits per heavy atom. The number of aromatic nitrogens is 2. The van der Waals surface area contributed by atoms with Gasteiger partial charge in [-0.1, -0.05) is 0 Å². The van der Waals surface area contributed by atoms with Gasteiger partial charge in [0, 0.05) is 11.8 Å². The molecule has 5 heteroatoms. The fraction of sp³-hybridized carbons (Fsp3) is 0.500. The first-order chi connectivity index (χ1) is 5.25. The van der Waals surface area contributed by atoms with Crippen LogP contribution in [0.15, 0.2) is 12.4 Å². The van der Waals surface area contributed by atoms with Crippen molar-refractivity contribution in [3.05, 3.63) is 18.0 Å². The molecule has 0 radical (unpaired) electrons. The smallest absolute Gasteiger partial charge is 0.110 e. The second kappa shape index (κ2) is 3.47. The molecule has 0 saturated heterocycles. The highest BCUT2D eigenvalue weighted by atomic mass is 16.4. The zero-order valence-corrected chi connectivity index (χ0v) is 5.81. The van der Waals surface area contributed by atoms with Crippen LogP contribution in [0.1, 0.15) is 11.7 Å². The Bertz CT molecular complexity index is 200. The lowest BCUT2D eigenvalue weighted by Gasteiger charge is -2.12. The molecule has 0 amide bonds. The Kier molecular flexibility index (Phi) is 2.58. The van der Waals surface area contributed by atoms with Crippen LogP contribution < -0.4 is 0 Å². The molecule has 0 aliphatic heterocycles. The predicted molar refractivity (Wildman–Crippen MR) is 36.6 cm³/mol. The Morgan fingerprint density at radius 2 is 2.27 bits per heavy atom. The topological polar surface area (TPSA) is 89.4 Å². The molecule has 0 aliphatic carbocycles. The van der Waals surface area contributed by atoms with Crippen LogP contribution in [0.5, 0.6) is 0 Å². The van der Waals surface area contributed by atoms with E-state index >= 15 is 0 Å². The van der Waals surface area contributed by atoms with E-state index in [0.29, 0.717) is 5.56 Å². The molecule has 0 bridgehead atoms. The first kappa shape index (κ1) is 8.19. The van der Waals surface area contributed by atoms with Crippen molar-refractivity contribution in [1.29, 1.82) is 0 Å². The highest BCUT2D eigenvalue weighted by Gasteiger charge is 2.17. The van der Waals surface area contributed by atoms with E-state index in [0.717, 1.165) is 0 Å². The third kappa shape index (κ3) is 1.76. The van der Waals surface area contributed by atoms with Crippen LogP contribution in [0.3, 0.4) is 0 Å². The van der Waals surface area contributed by atoms with E-state index in [1.165, 1.54) is 12.4 Å². The molecular weight excluding hydrogens is 148 g/mol. The van der Waals surface area contributed by atoms with Gasteiger partial charge in [-0.2, -0.15) is 5.10 Å². The van der Waals surface area contributed by atoms with Crippen molar-refractivity contribution >= 4 is 0 Å². The van der Waals surface area contributed by atoms with Gasteiger partial charge in [-0.05, 0) is 0 Å². The van der Waals surface area contributed by atoms with E-state index < -0.39 is 18.8 Å². The van der Waals surface area contributed by atoms with Crippen molar-refractivity contribution in [2.75, 3.05) is 6.61 Å². The Balaban J connectivity index is 2.62. The third-order valence-corrected chi connectivity index (χ3v) is 1.41. The first-order valence-corrected chi connectivity index (χ1v) is 3.21. The molecule has 11 heavy (non-hydrogen) atoms. The standard InChI is InChI=1S/C6H10N2O3/c9-3-5(10)6(11)4-1-7-8-2-4/h1-2,5-6,9-11H,3H2,(H,7,8). The van der Waals surface area contributed by atoms with Crippen LogP contribution in [-0.4, -0.2) is 38.2 Å². The minimum atomic E-state index is -1.15. The Morgan fingerprint density at radius 1 is 1.55 bits per heavy atom. The van der Waals surface area contributed by atoms with E-state index in [2.05, 4.69) is 10.2 Å². The van der Waals surface area contributed by atoms with Crippen LogP contribution in [0.25, 0.3) is 0 Å². The summed E-state index contributed by atoms with van der Waals surface area (Å²) in [4.78, 5) is 0. The molecule has 0 fully saturated rings. The van der Waals surface area contributed by atoms with E-state index in [-0.39, 0.29) is 0 Å². The van der Waals surface area contributed by atoms with Crippen molar-refractivity contribution in [2.45, 2.75) is 12.2 Å². The van der Waals surface area contributed by atoms with Gasteiger partial charge in [0.25, 0.3) is 0 Å². The van der Waals surface area contributed by atoms with Crippen LogP contribution in [-0.2, 0) is 0 Å². The van der Waals surface area contributed by atoms with Gasteiger partial charge in [-0.25, -0.2) is 0 Å². The molecule has 0 spiro atoms. The van der Waals surface area contributed by atoms with Crippen LogP contribution >= 0.6 is 0 Å². The van der Waals surface area contributed by atoms with Gasteiger partial charge in [0.05, 0.1) is 12.8 Å². The summed E-state index contributed by atoms with van der Waals surface area (Å²) >= 11 is 0. The lowest BCUT2D eigenvalue weighted by molar-refractivity contribution is -0.0152.